The minimum Gasteiger partial charge on any atom is -0.352 e. The lowest BCUT2D eigenvalue weighted by molar-refractivity contribution is -0.123. The van der Waals surface area contributed by atoms with Crippen molar-refractivity contribution in [2.75, 3.05) is 20.6 Å². The van der Waals surface area contributed by atoms with Crippen molar-refractivity contribution in [1.82, 2.24) is 10.2 Å². The number of nitrogens with one attached hydrogen (secondary N) is 1. The van der Waals surface area contributed by atoms with Crippen molar-refractivity contribution in [3.63, 3.8) is 0 Å². The maximum atomic E-state index is 11.7. The summed E-state index contributed by atoms with van der Waals surface area (Å²) in [6.45, 7) is 2.69. The van der Waals surface area contributed by atoms with E-state index in [4.69, 9.17) is 0 Å². The first-order chi connectivity index (χ1) is 9.04. The second-order valence-corrected chi connectivity index (χ2v) is 4.44. The molecular formula is C15H20N2O2. The SMILES string of the molecule is CCCNC(=O)c1ccc(/C=C/C(=O)N(C)C)cc1. The van der Waals surface area contributed by atoms with Gasteiger partial charge in [0.1, 0.15) is 0 Å². The van der Waals surface area contributed by atoms with E-state index in [9.17, 15) is 9.59 Å². The number of likely N-dealkylation sites (N-methyl/N-ethyl adjacent to an activating group) is 1. The molecule has 102 valence electrons. The normalized spacial score (nSPS) is 10.5. The van der Waals surface area contributed by atoms with Crippen molar-refractivity contribution >= 4 is 17.9 Å². The second kappa shape index (κ2) is 7.36. The van der Waals surface area contributed by atoms with Crippen LogP contribution < -0.4 is 5.32 Å². The average Bonchev–Trinajstić information content (AvgIpc) is 2.42. The topological polar surface area (TPSA) is 49.4 Å². The van der Waals surface area contributed by atoms with Crippen LogP contribution in [0.4, 0.5) is 0 Å². The highest BCUT2D eigenvalue weighted by atomic mass is 16.2. The van der Waals surface area contributed by atoms with E-state index in [0.29, 0.717) is 12.1 Å². The molecule has 4 nitrogen and oxygen atoms in total. The van der Waals surface area contributed by atoms with Gasteiger partial charge in [-0.05, 0) is 30.2 Å². The van der Waals surface area contributed by atoms with Crippen LogP contribution >= 0.6 is 0 Å². The highest BCUT2D eigenvalue weighted by molar-refractivity contribution is 5.95. The van der Waals surface area contributed by atoms with Crippen LogP contribution in [0, 0.1) is 0 Å². The zero-order valence-corrected chi connectivity index (χ0v) is 11.6. The van der Waals surface area contributed by atoms with E-state index in [2.05, 4.69) is 5.32 Å². The number of hydrogen-bond donors (Lipinski definition) is 1. The molecular weight excluding hydrogens is 240 g/mol. The summed E-state index contributed by atoms with van der Waals surface area (Å²) in [6.07, 6.45) is 4.15. The molecule has 4 heteroatoms. The molecule has 1 rings (SSSR count). The highest BCUT2D eigenvalue weighted by Crippen LogP contribution is 2.06. The Hall–Kier alpha value is -2.10. The molecule has 0 heterocycles. The number of carbonyl (C=O) groups excluding carboxylic acids is 2. The predicted octanol–water partition coefficient (Wildman–Crippen LogP) is 1.93. The molecule has 0 saturated carbocycles. The predicted molar refractivity (Wildman–Crippen MR) is 76.8 cm³/mol. The number of benzene rings is 1. The molecule has 1 aromatic rings. The maximum Gasteiger partial charge on any atom is 0.251 e. The Balaban J connectivity index is 2.66. The Kier molecular flexibility index (Phi) is 5.79. The van der Waals surface area contributed by atoms with E-state index in [0.717, 1.165) is 12.0 Å². The minimum absolute atomic E-state index is 0.0650. The Labute approximate surface area is 114 Å². The molecule has 0 aliphatic rings. The van der Waals surface area contributed by atoms with Crippen LogP contribution in [-0.2, 0) is 4.79 Å². The summed E-state index contributed by atoms with van der Waals surface area (Å²) in [7, 11) is 3.40. The van der Waals surface area contributed by atoms with Crippen LogP contribution in [0.1, 0.15) is 29.3 Å². The summed E-state index contributed by atoms with van der Waals surface area (Å²) in [4.78, 5) is 24.6. The first kappa shape index (κ1) is 15.0. The standard InChI is InChI=1S/C15H20N2O2/c1-4-11-16-15(19)13-8-5-12(6-9-13)7-10-14(18)17(2)3/h5-10H,4,11H2,1-3H3,(H,16,19)/b10-7+. The lowest BCUT2D eigenvalue weighted by Crippen LogP contribution is -2.23. The Bertz CT molecular complexity index is 462. The molecule has 0 bridgehead atoms. The molecule has 1 aromatic carbocycles. The molecule has 0 atom stereocenters. The molecule has 2 amide bonds. The fourth-order valence-electron chi connectivity index (χ4n) is 1.40. The van der Waals surface area contributed by atoms with Crippen molar-refractivity contribution < 1.29 is 9.59 Å². The van der Waals surface area contributed by atoms with Gasteiger partial charge in [0.2, 0.25) is 5.91 Å². The Morgan fingerprint density at radius 2 is 1.84 bits per heavy atom. The summed E-state index contributed by atoms with van der Waals surface area (Å²) < 4.78 is 0. The van der Waals surface area contributed by atoms with Gasteiger partial charge in [0.05, 0.1) is 0 Å². The van der Waals surface area contributed by atoms with Crippen LogP contribution in [0.5, 0.6) is 0 Å². The average molecular weight is 260 g/mol. The molecule has 0 radical (unpaired) electrons. The molecule has 0 unspecified atom stereocenters. The summed E-state index contributed by atoms with van der Waals surface area (Å²) in [5, 5.41) is 2.82. The van der Waals surface area contributed by atoms with Gasteiger partial charge in [-0.2, -0.15) is 0 Å². The van der Waals surface area contributed by atoms with E-state index in [1.807, 2.05) is 19.1 Å². The number of nitrogens with zero attached hydrogens (tertiary/aromatic N) is 1. The monoisotopic (exact) mass is 260 g/mol. The second-order valence-electron chi connectivity index (χ2n) is 4.44. The van der Waals surface area contributed by atoms with Gasteiger partial charge in [-0.1, -0.05) is 19.1 Å². The van der Waals surface area contributed by atoms with Gasteiger partial charge in [0.15, 0.2) is 0 Å². The van der Waals surface area contributed by atoms with Crippen molar-refractivity contribution in [2.45, 2.75) is 13.3 Å². The smallest absolute Gasteiger partial charge is 0.251 e. The zero-order chi connectivity index (χ0) is 14.3. The van der Waals surface area contributed by atoms with Gasteiger partial charge in [-0.3, -0.25) is 9.59 Å². The first-order valence-corrected chi connectivity index (χ1v) is 6.32. The molecule has 1 N–H and O–H groups in total. The summed E-state index contributed by atoms with van der Waals surface area (Å²) >= 11 is 0. The lowest BCUT2D eigenvalue weighted by Gasteiger charge is -2.05. The fourth-order valence-corrected chi connectivity index (χ4v) is 1.40. The number of amides is 2. The molecule has 0 spiro atoms. The maximum absolute atomic E-state index is 11.7. The van der Waals surface area contributed by atoms with Gasteiger partial charge in [0.25, 0.3) is 5.91 Å². The summed E-state index contributed by atoms with van der Waals surface area (Å²) in [5.74, 6) is -0.133. The van der Waals surface area contributed by atoms with Crippen LogP contribution in [0.25, 0.3) is 6.08 Å². The third kappa shape index (κ3) is 4.95. The fraction of sp³-hybridized carbons (Fsp3) is 0.333. The first-order valence-electron chi connectivity index (χ1n) is 6.32. The number of rotatable bonds is 5. The van der Waals surface area contributed by atoms with Crippen molar-refractivity contribution in [3.05, 3.63) is 41.5 Å². The molecule has 0 aliphatic carbocycles. The number of carbonyl (C=O) groups is 2. The zero-order valence-electron chi connectivity index (χ0n) is 11.6. The lowest BCUT2D eigenvalue weighted by atomic mass is 10.1. The van der Waals surface area contributed by atoms with Crippen LogP contribution in [-0.4, -0.2) is 37.4 Å². The van der Waals surface area contributed by atoms with Crippen LogP contribution in [0.15, 0.2) is 30.3 Å². The van der Waals surface area contributed by atoms with Gasteiger partial charge in [-0.15, -0.1) is 0 Å². The molecule has 0 aromatic heterocycles. The molecule has 0 saturated heterocycles. The van der Waals surface area contributed by atoms with E-state index < -0.39 is 0 Å². The summed E-state index contributed by atoms with van der Waals surface area (Å²) in [5.41, 5.74) is 1.52. The van der Waals surface area contributed by atoms with E-state index in [1.54, 1.807) is 32.3 Å². The summed E-state index contributed by atoms with van der Waals surface area (Å²) in [6, 6.07) is 7.15. The highest BCUT2D eigenvalue weighted by Gasteiger charge is 2.03. The molecule has 19 heavy (non-hydrogen) atoms. The van der Waals surface area contributed by atoms with E-state index in [-0.39, 0.29) is 11.8 Å². The van der Waals surface area contributed by atoms with Crippen LogP contribution in [0.3, 0.4) is 0 Å². The van der Waals surface area contributed by atoms with Gasteiger partial charge in [0, 0.05) is 32.3 Å². The van der Waals surface area contributed by atoms with Crippen molar-refractivity contribution in [2.24, 2.45) is 0 Å². The van der Waals surface area contributed by atoms with E-state index in [1.165, 1.54) is 11.0 Å². The third-order valence-electron chi connectivity index (χ3n) is 2.57. The Morgan fingerprint density at radius 3 is 2.37 bits per heavy atom. The van der Waals surface area contributed by atoms with Crippen LogP contribution in [0.2, 0.25) is 0 Å². The van der Waals surface area contributed by atoms with Gasteiger partial charge < -0.3 is 10.2 Å². The Morgan fingerprint density at radius 1 is 1.21 bits per heavy atom. The largest absolute Gasteiger partial charge is 0.352 e. The van der Waals surface area contributed by atoms with E-state index >= 15 is 0 Å². The molecule has 0 aliphatic heterocycles. The van der Waals surface area contributed by atoms with Gasteiger partial charge >= 0.3 is 0 Å². The van der Waals surface area contributed by atoms with Crippen molar-refractivity contribution in [3.8, 4) is 0 Å². The quantitative estimate of drug-likeness (QED) is 0.822. The minimum atomic E-state index is -0.0678. The number of hydrogen-bond acceptors (Lipinski definition) is 2. The third-order valence-corrected chi connectivity index (χ3v) is 2.57. The van der Waals surface area contributed by atoms with Gasteiger partial charge in [-0.25, -0.2) is 0 Å². The van der Waals surface area contributed by atoms with Crippen molar-refractivity contribution in [1.29, 1.82) is 0 Å². The molecule has 0 fully saturated rings.